The van der Waals surface area contributed by atoms with Crippen molar-refractivity contribution in [2.75, 3.05) is 0 Å². The quantitative estimate of drug-likeness (QED) is 0.905. The Labute approximate surface area is 123 Å². The molecule has 0 atom stereocenters. The molecule has 1 saturated carbocycles. The summed E-state index contributed by atoms with van der Waals surface area (Å²) in [6, 6.07) is 11.6. The molecule has 0 bridgehead atoms. The number of sulfonamides is 1. The predicted molar refractivity (Wildman–Crippen MR) is 76.9 cm³/mol. The van der Waals surface area contributed by atoms with E-state index in [4.69, 9.17) is 9.88 Å². The molecule has 1 aliphatic rings. The van der Waals surface area contributed by atoms with Crippen LogP contribution in [0.3, 0.4) is 0 Å². The van der Waals surface area contributed by atoms with E-state index in [1.807, 2.05) is 30.3 Å². The minimum atomic E-state index is -3.72. The second kappa shape index (κ2) is 5.59. The molecule has 1 fully saturated rings. The predicted octanol–water partition coefficient (Wildman–Crippen LogP) is 1.45. The summed E-state index contributed by atoms with van der Waals surface area (Å²) in [4.78, 5) is 0. The van der Waals surface area contributed by atoms with Gasteiger partial charge in [-0.1, -0.05) is 30.3 Å². The molecule has 0 amide bonds. The first-order valence-corrected chi connectivity index (χ1v) is 8.30. The molecule has 2 N–H and O–H groups in total. The van der Waals surface area contributed by atoms with E-state index in [0.29, 0.717) is 6.61 Å². The summed E-state index contributed by atoms with van der Waals surface area (Å²) in [5.41, 5.74) is 1.15. The minimum Gasteiger partial charge on any atom is -0.373 e. The zero-order chi connectivity index (χ0) is 14.9. The van der Waals surface area contributed by atoms with Crippen molar-refractivity contribution in [2.45, 2.75) is 36.6 Å². The fourth-order valence-corrected chi connectivity index (χ4v) is 2.81. The number of nitrogens with two attached hydrogens (primary N) is 1. The minimum absolute atomic E-state index is 0.0869. The summed E-state index contributed by atoms with van der Waals surface area (Å²) in [5, 5.41) is 8.96. The first kappa shape index (κ1) is 14.2. The Morgan fingerprint density at radius 2 is 1.95 bits per heavy atom. The molecule has 0 spiro atoms. The highest BCUT2D eigenvalue weighted by Crippen LogP contribution is 2.34. The summed E-state index contributed by atoms with van der Waals surface area (Å²) < 4.78 is 29.8. The lowest BCUT2D eigenvalue weighted by atomic mass is 9.89. The maximum atomic E-state index is 11.2. The molecule has 1 aromatic heterocycles. The SMILES string of the molecule is NS(=O)(=O)c1ccn(C2CC(OCc3ccccc3)C2)n1. The van der Waals surface area contributed by atoms with Crippen molar-refractivity contribution in [1.29, 1.82) is 0 Å². The summed E-state index contributed by atoms with van der Waals surface area (Å²) in [7, 11) is -3.72. The zero-order valence-electron chi connectivity index (χ0n) is 11.4. The van der Waals surface area contributed by atoms with Crippen LogP contribution in [0, 0.1) is 0 Å². The average molecular weight is 307 g/mol. The number of hydrogen-bond acceptors (Lipinski definition) is 4. The number of benzene rings is 1. The van der Waals surface area contributed by atoms with Gasteiger partial charge in [-0.15, -0.1) is 0 Å². The van der Waals surface area contributed by atoms with E-state index >= 15 is 0 Å². The van der Waals surface area contributed by atoms with Gasteiger partial charge in [0.1, 0.15) is 0 Å². The third kappa shape index (κ3) is 3.31. The van der Waals surface area contributed by atoms with E-state index in [1.165, 1.54) is 6.07 Å². The Balaban J connectivity index is 1.51. The highest BCUT2D eigenvalue weighted by atomic mass is 32.2. The van der Waals surface area contributed by atoms with E-state index < -0.39 is 10.0 Å². The first-order chi connectivity index (χ1) is 10.0. The third-order valence-electron chi connectivity index (χ3n) is 3.65. The standard InChI is InChI=1S/C14H17N3O3S/c15-21(18,19)14-6-7-17(16-14)12-8-13(9-12)20-10-11-4-2-1-3-5-11/h1-7,12-13H,8-10H2,(H2,15,18,19). The lowest BCUT2D eigenvalue weighted by Crippen LogP contribution is -2.33. The van der Waals surface area contributed by atoms with Crippen LogP contribution in [0.4, 0.5) is 0 Å². The molecule has 21 heavy (non-hydrogen) atoms. The lowest BCUT2D eigenvalue weighted by Gasteiger charge is -2.35. The molecule has 1 heterocycles. The van der Waals surface area contributed by atoms with Crippen LogP contribution in [-0.4, -0.2) is 24.3 Å². The van der Waals surface area contributed by atoms with E-state index in [1.54, 1.807) is 10.9 Å². The number of ether oxygens (including phenoxy) is 1. The molecule has 0 unspecified atom stereocenters. The van der Waals surface area contributed by atoms with Crippen LogP contribution in [0.25, 0.3) is 0 Å². The van der Waals surface area contributed by atoms with E-state index in [2.05, 4.69) is 5.10 Å². The van der Waals surface area contributed by atoms with E-state index in [9.17, 15) is 8.42 Å². The van der Waals surface area contributed by atoms with Crippen LogP contribution in [0.5, 0.6) is 0 Å². The Hall–Kier alpha value is -1.70. The van der Waals surface area contributed by atoms with Crippen molar-refractivity contribution in [2.24, 2.45) is 5.14 Å². The van der Waals surface area contributed by atoms with Gasteiger partial charge in [0.15, 0.2) is 5.03 Å². The van der Waals surface area contributed by atoms with E-state index in [0.717, 1.165) is 18.4 Å². The molecular formula is C14H17N3O3S. The summed E-state index contributed by atoms with van der Waals surface area (Å²) in [6.45, 7) is 0.597. The van der Waals surface area contributed by atoms with Gasteiger partial charge in [-0.2, -0.15) is 5.10 Å². The molecular weight excluding hydrogens is 290 g/mol. The van der Waals surface area contributed by atoms with Gasteiger partial charge in [-0.25, -0.2) is 13.6 Å². The normalized spacial score (nSPS) is 22.0. The van der Waals surface area contributed by atoms with Crippen LogP contribution in [0.1, 0.15) is 24.4 Å². The number of rotatable bonds is 5. The Kier molecular flexibility index (Phi) is 3.79. The molecule has 0 radical (unpaired) electrons. The number of aromatic nitrogens is 2. The van der Waals surface area contributed by atoms with Crippen molar-refractivity contribution >= 4 is 10.0 Å². The fraction of sp³-hybridized carbons (Fsp3) is 0.357. The van der Waals surface area contributed by atoms with E-state index in [-0.39, 0.29) is 17.2 Å². The van der Waals surface area contributed by atoms with Gasteiger partial charge in [-0.05, 0) is 24.5 Å². The van der Waals surface area contributed by atoms with Crippen molar-refractivity contribution in [1.82, 2.24) is 9.78 Å². The van der Waals surface area contributed by atoms with Gasteiger partial charge in [0.05, 0.1) is 18.8 Å². The molecule has 6 nitrogen and oxygen atoms in total. The second-order valence-corrected chi connectivity index (χ2v) is 6.73. The molecule has 0 saturated heterocycles. The van der Waals surface area contributed by atoms with Gasteiger partial charge >= 0.3 is 0 Å². The van der Waals surface area contributed by atoms with Crippen LogP contribution in [0.15, 0.2) is 47.6 Å². The summed E-state index contributed by atoms with van der Waals surface area (Å²) in [5.74, 6) is 0. The van der Waals surface area contributed by atoms with Crippen LogP contribution < -0.4 is 5.14 Å². The number of primary sulfonamides is 1. The van der Waals surface area contributed by atoms with Gasteiger partial charge < -0.3 is 4.74 Å². The molecule has 1 aromatic carbocycles. The third-order valence-corrected chi connectivity index (χ3v) is 4.45. The molecule has 1 aliphatic carbocycles. The maximum Gasteiger partial charge on any atom is 0.257 e. The molecule has 2 aromatic rings. The Bertz CT molecular complexity index is 706. The van der Waals surface area contributed by atoms with Crippen molar-refractivity contribution in [3.8, 4) is 0 Å². The summed E-state index contributed by atoms with van der Waals surface area (Å²) in [6.07, 6.45) is 3.51. The Morgan fingerprint density at radius 1 is 1.24 bits per heavy atom. The number of hydrogen-bond donors (Lipinski definition) is 1. The monoisotopic (exact) mass is 307 g/mol. The number of nitrogens with zero attached hydrogens (tertiary/aromatic N) is 2. The van der Waals surface area contributed by atoms with Crippen molar-refractivity contribution in [3.63, 3.8) is 0 Å². The second-order valence-electron chi connectivity index (χ2n) is 5.22. The molecule has 3 rings (SSSR count). The van der Waals surface area contributed by atoms with Gasteiger partial charge in [-0.3, -0.25) is 4.68 Å². The maximum absolute atomic E-state index is 11.2. The smallest absolute Gasteiger partial charge is 0.257 e. The van der Waals surface area contributed by atoms with Crippen LogP contribution >= 0.6 is 0 Å². The lowest BCUT2D eigenvalue weighted by molar-refractivity contribution is -0.0386. The van der Waals surface area contributed by atoms with Gasteiger partial charge in [0.2, 0.25) is 0 Å². The van der Waals surface area contributed by atoms with Crippen molar-refractivity contribution < 1.29 is 13.2 Å². The van der Waals surface area contributed by atoms with Crippen molar-refractivity contribution in [3.05, 3.63) is 48.2 Å². The summed E-state index contributed by atoms with van der Waals surface area (Å²) >= 11 is 0. The molecule has 0 aliphatic heterocycles. The van der Waals surface area contributed by atoms with Crippen LogP contribution in [0.2, 0.25) is 0 Å². The average Bonchev–Trinajstić information content (AvgIpc) is 2.87. The van der Waals surface area contributed by atoms with Crippen LogP contribution in [-0.2, 0) is 21.4 Å². The largest absolute Gasteiger partial charge is 0.373 e. The fourth-order valence-electron chi connectivity index (χ4n) is 2.35. The molecule has 7 heteroatoms. The topological polar surface area (TPSA) is 87.2 Å². The Morgan fingerprint density at radius 3 is 2.57 bits per heavy atom. The highest BCUT2D eigenvalue weighted by Gasteiger charge is 2.32. The zero-order valence-corrected chi connectivity index (χ0v) is 12.2. The van der Waals surface area contributed by atoms with Gasteiger partial charge in [0.25, 0.3) is 10.0 Å². The molecule has 112 valence electrons. The highest BCUT2D eigenvalue weighted by molar-refractivity contribution is 7.89. The van der Waals surface area contributed by atoms with Gasteiger partial charge in [0, 0.05) is 6.20 Å². The first-order valence-electron chi connectivity index (χ1n) is 6.76.